The number of anilines is 1. The van der Waals surface area contributed by atoms with E-state index < -0.39 is 11.7 Å². The second-order valence-corrected chi connectivity index (χ2v) is 7.00. The molecule has 2 heterocycles. The van der Waals surface area contributed by atoms with Crippen molar-refractivity contribution in [2.45, 2.75) is 12.8 Å². The number of carbonyl (C=O) groups is 3. The molecule has 1 aromatic carbocycles. The van der Waals surface area contributed by atoms with Gasteiger partial charge in [0.1, 0.15) is 5.75 Å². The van der Waals surface area contributed by atoms with E-state index in [1.807, 2.05) is 24.3 Å². The van der Waals surface area contributed by atoms with Crippen molar-refractivity contribution in [2.24, 2.45) is 5.92 Å². The number of hydrogen-bond acceptors (Lipinski definition) is 6. The molecule has 8 heteroatoms. The van der Waals surface area contributed by atoms with Crippen molar-refractivity contribution >= 4 is 23.3 Å². The number of amides is 2. The van der Waals surface area contributed by atoms with Crippen LogP contribution in [0.2, 0.25) is 0 Å². The third-order valence-corrected chi connectivity index (χ3v) is 5.29. The Morgan fingerprint density at radius 3 is 2.32 bits per heavy atom. The van der Waals surface area contributed by atoms with Crippen molar-refractivity contribution in [1.82, 2.24) is 10.2 Å². The standard InChI is InChI=1S/C20H27N3O5/c1-27-17-4-2-16(3-5-17)22-8-10-23(11-9-22)18(24)14-21-20(26)19(25)15-6-12-28-13-7-15/h2-5,15H,6-14H2,1H3,(H,21,26). The summed E-state index contributed by atoms with van der Waals surface area (Å²) < 4.78 is 10.4. The molecule has 2 amide bonds. The van der Waals surface area contributed by atoms with Gasteiger partial charge in [0.05, 0.1) is 13.7 Å². The second-order valence-electron chi connectivity index (χ2n) is 7.00. The van der Waals surface area contributed by atoms with Gasteiger partial charge in [-0.1, -0.05) is 0 Å². The Morgan fingerprint density at radius 1 is 1.07 bits per heavy atom. The van der Waals surface area contributed by atoms with Crippen LogP contribution in [0.4, 0.5) is 5.69 Å². The molecule has 2 saturated heterocycles. The fourth-order valence-corrected chi connectivity index (χ4v) is 3.51. The van der Waals surface area contributed by atoms with Gasteiger partial charge in [-0.05, 0) is 37.1 Å². The van der Waals surface area contributed by atoms with Crippen molar-refractivity contribution in [3.63, 3.8) is 0 Å². The van der Waals surface area contributed by atoms with Gasteiger partial charge in [0, 0.05) is 51.0 Å². The fourth-order valence-electron chi connectivity index (χ4n) is 3.51. The Labute approximate surface area is 164 Å². The van der Waals surface area contributed by atoms with Crippen molar-refractivity contribution in [2.75, 3.05) is 57.9 Å². The molecule has 3 rings (SSSR count). The monoisotopic (exact) mass is 389 g/mol. The molecule has 2 aliphatic rings. The number of Topliss-reactive ketones (excluding diaryl/α,β-unsaturated/α-hetero) is 1. The van der Waals surface area contributed by atoms with Gasteiger partial charge in [0.2, 0.25) is 11.7 Å². The van der Waals surface area contributed by atoms with Gasteiger partial charge in [-0.15, -0.1) is 0 Å². The lowest BCUT2D eigenvalue weighted by atomic mass is 9.95. The largest absolute Gasteiger partial charge is 0.497 e. The number of carbonyl (C=O) groups excluding carboxylic acids is 3. The molecule has 0 atom stereocenters. The summed E-state index contributed by atoms with van der Waals surface area (Å²) in [6.45, 7) is 3.45. The first-order valence-electron chi connectivity index (χ1n) is 9.65. The van der Waals surface area contributed by atoms with E-state index in [0.717, 1.165) is 11.4 Å². The van der Waals surface area contributed by atoms with E-state index in [1.54, 1.807) is 12.0 Å². The van der Waals surface area contributed by atoms with E-state index in [4.69, 9.17) is 9.47 Å². The molecule has 152 valence electrons. The normalized spacial score (nSPS) is 17.9. The van der Waals surface area contributed by atoms with Crippen LogP contribution in [0, 0.1) is 5.92 Å². The van der Waals surface area contributed by atoms with Crippen LogP contribution in [-0.4, -0.2) is 75.5 Å². The van der Waals surface area contributed by atoms with Crippen LogP contribution >= 0.6 is 0 Å². The number of nitrogens with one attached hydrogen (secondary N) is 1. The van der Waals surface area contributed by atoms with E-state index in [1.165, 1.54) is 0 Å². The summed E-state index contributed by atoms with van der Waals surface area (Å²) in [4.78, 5) is 40.5. The summed E-state index contributed by atoms with van der Waals surface area (Å²) in [6, 6.07) is 7.83. The minimum Gasteiger partial charge on any atom is -0.497 e. The third-order valence-electron chi connectivity index (χ3n) is 5.29. The molecule has 2 aliphatic heterocycles. The van der Waals surface area contributed by atoms with Crippen LogP contribution in [0.5, 0.6) is 5.75 Å². The van der Waals surface area contributed by atoms with Gasteiger partial charge in [-0.3, -0.25) is 14.4 Å². The van der Waals surface area contributed by atoms with Crippen LogP contribution in [0.1, 0.15) is 12.8 Å². The molecule has 0 aromatic heterocycles. The summed E-state index contributed by atoms with van der Waals surface area (Å²) in [5.74, 6) is -0.763. The molecule has 2 fully saturated rings. The average molecular weight is 389 g/mol. The maximum absolute atomic E-state index is 12.4. The highest BCUT2D eigenvalue weighted by Gasteiger charge is 2.28. The Kier molecular flexibility index (Phi) is 6.86. The summed E-state index contributed by atoms with van der Waals surface area (Å²) in [5, 5.41) is 2.48. The van der Waals surface area contributed by atoms with Gasteiger partial charge in [0.15, 0.2) is 0 Å². The first kappa shape index (κ1) is 20.1. The molecule has 0 bridgehead atoms. The van der Waals surface area contributed by atoms with E-state index in [0.29, 0.717) is 52.2 Å². The predicted molar refractivity (Wildman–Crippen MR) is 103 cm³/mol. The summed E-state index contributed by atoms with van der Waals surface area (Å²) in [5.41, 5.74) is 1.09. The predicted octanol–water partition coefficient (Wildman–Crippen LogP) is 0.456. The first-order chi connectivity index (χ1) is 13.6. The number of ether oxygens (including phenoxy) is 2. The second kappa shape index (κ2) is 9.54. The molecule has 0 radical (unpaired) electrons. The average Bonchev–Trinajstić information content (AvgIpc) is 2.77. The number of benzene rings is 1. The molecular weight excluding hydrogens is 362 g/mol. The lowest BCUT2D eigenvalue weighted by molar-refractivity contribution is -0.143. The van der Waals surface area contributed by atoms with Crippen molar-refractivity contribution in [1.29, 1.82) is 0 Å². The number of rotatable bonds is 6. The third kappa shape index (κ3) is 5.01. The highest BCUT2D eigenvalue weighted by atomic mass is 16.5. The molecule has 8 nitrogen and oxygen atoms in total. The Balaban J connectivity index is 1.42. The molecular formula is C20H27N3O5. The smallest absolute Gasteiger partial charge is 0.288 e. The van der Waals surface area contributed by atoms with E-state index in [2.05, 4.69) is 10.2 Å². The van der Waals surface area contributed by atoms with Crippen LogP contribution < -0.4 is 15.0 Å². The first-order valence-corrected chi connectivity index (χ1v) is 9.65. The number of nitrogens with zero attached hydrogens (tertiary/aromatic N) is 2. The number of ketones is 1. The topological polar surface area (TPSA) is 88.2 Å². The molecule has 0 spiro atoms. The van der Waals surface area contributed by atoms with Gasteiger partial charge >= 0.3 is 0 Å². The maximum atomic E-state index is 12.4. The Hall–Kier alpha value is -2.61. The van der Waals surface area contributed by atoms with Gasteiger partial charge in [-0.2, -0.15) is 0 Å². The van der Waals surface area contributed by atoms with Crippen LogP contribution in [0.25, 0.3) is 0 Å². The van der Waals surface area contributed by atoms with Crippen molar-refractivity contribution in [3.8, 4) is 5.75 Å². The summed E-state index contributed by atoms with van der Waals surface area (Å²) >= 11 is 0. The summed E-state index contributed by atoms with van der Waals surface area (Å²) in [7, 11) is 1.63. The van der Waals surface area contributed by atoms with Crippen LogP contribution in [0.3, 0.4) is 0 Å². The van der Waals surface area contributed by atoms with Crippen molar-refractivity contribution < 1.29 is 23.9 Å². The van der Waals surface area contributed by atoms with Crippen LogP contribution in [0.15, 0.2) is 24.3 Å². The highest BCUT2D eigenvalue weighted by Crippen LogP contribution is 2.20. The Bertz CT molecular complexity index is 692. The maximum Gasteiger partial charge on any atom is 0.288 e. The number of methoxy groups -OCH3 is 1. The zero-order valence-corrected chi connectivity index (χ0v) is 16.2. The van der Waals surface area contributed by atoms with Gasteiger partial charge < -0.3 is 24.6 Å². The Morgan fingerprint density at radius 2 is 1.71 bits per heavy atom. The minimum absolute atomic E-state index is 0.143. The highest BCUT2D eigenvalue weighted by molar-refractivity contribution is 6.37. The van der Waals surface area contributed by atoms with Crippen LogP contribution in [-0.2, 0) is 19.1 Å². The SMILES string of the molecule is COc1ccc(N2CCN(C(=O)CNC(=O)C(=O)C3CCOCC3)CC2)cc1. The minimum atomic E-state index is -0.669. The van der Waals surface area contributed by atoms with Gasteiger partial charge in [-0.25, -0.2) is 0 Å². The quantitative estimate of drug-likeness (QED) is 0.711. The van der Waals surface area contributed by atoms with E-state index in [-0.39, 0.29) is 18.4 Å². The fraction of sp³-hybridized carbons (Fsp3) is 0.550. The number of piperazine rings is 1. The zero-order valence-electron chi connectivity index (χ0n) is 16.2. The van der Waals surface area contributed by atoms with E-state index >= 15 is 0 Å². The molecule has 1 N–H and O–H groups in total. The summed E-state index contributed by atoms with van der Waals surface area (Å²) in [6.07, 6.45) is 1.13. The lowest BCUT2D eigenvalue weighted by Gasteiger charge is -2.36. The molecule has 0 unspecified atom stereocenters. The van der Waals surface area contributed by atoms with Crippen molar-refractivity contribution in [3.05, 3.63) is 24.3 Å². The number of hydrogen-bond donors (Lipinski definition) is 1. The van der Waals surface area contributed by atoms with E-state index in [9.17, 15) is 14.4 Å². The zero-order chi connectivity index (χ0) is 19.9. The molecule has 0 aliphatic carbocycles. The lowest BCUT2D eigenvalue weighted by Crippen LogP contribution is -2.52. The molecule has 0 saturated carbocycles. The molecule has 1 aromatic rings. The molecule has 28 heavy (non-hydrogen) atoms. The van der Waals surface area contributed by atoms with Gasteiger partial charge in [0.25, 0.3) is 5.91 Å².